The highest BCUT2D eigenvalue weighted by Gasteiger charge is 1.96. The van der Waals surface area contributed by atoms with Crippen molar-refractivity contribution in [3.05, 3.63) is 23.4 Å². The van der Waals surface area contributed by atoms with Gasteiger partial charge in [0.1, 0.15) is 0 Å². The molecule has 0 saturated heterocycles. The molecule has 0 aliphatic carbocycles. The number of hydrogen-bond acceptors (Lipinski definition) is 2. The summed E-state index contributed by atoms with van der Waals surface area (Å²) in [6.07, 6.45) is 0. The lowest BCUT2D eigenvalue weighted by Crippen LogP contribution is -1.91. The van der Waals surface area contributed by atoms with Crippen LogP contribution in [0.15, 0.2) is 12.1 Å². The molecule has 0 N–H and O–H groups in total. The average molecular weight is 167 g/mol. The van der Waals surface area contributed by atoms with E-state index in [1.54, 1.807) is 7.11 Å². The molecule has 0 aromatic carbocycles. The van der Waals surface area contributed by atoms with Crippen molar-refractivity contribution in [2.45, 2.75) is 27.7 Å². The van der Waals surface area contributed by atoms with Gasteiger partial charge in [0.25, 0.3) is 0 Å². The second-order valence-electron chi connectivity index (χ2n) is 2.28. The van der Waals surface area contributed by atoms with Crippen LogP contribution in [0.4, 0.5) is 0 Å². The van der Waals surface area contributed by atoms with E-state index >= 15 is 0 Å². The molecule has 0 aliphatic rings. The van der Waals surface area contributed by atoms with Crippen LogP contribution in [-0.2, 0) is 0 Å². The van der Waals surface area contributed by atoms with Crippen LogP contribution in [0.2, 0.25) is 0 Å². The van der Waals surface area contributed by atoms with E-state index in [4.69, 9.17) is 4.74 Å². The highest BCUT2D eigenvalue weighted by Crippen LogP contribution is 2.12. The third-order valence-electron chi connectivity index (χ3n) is 1.38. The molecule has 0 bridgehead atoms. The molecular formula is C10H17NO. The van der Waals surface area contributed by atoms with Crippen molar-refractivity contribution in [1.29, 1.82) is 0 Å². The van der Waals surface area contributed by atoms with Crippen molar-refractivity contribution >= 4 is 0 Å². The van der Waals surface area contributed by atoms with Gasteiger partial charge in [-0.15, -0.1) is 0 Å². The van der Waals surface area contributed by atoms with Crippen LogP contribution in [0.25, 0.3) is 0 Å². The average Bonchev–Trinajstić information content (AvgIpc) is 2.13. The summed E-state index contributed by atoms with van der Waals surface area (Å²) in [6, 6.07) is 3.97. The first-order valence-electron chi connectivity index (χ1n) is 4.22. The maximum Gasteiger partial charge on any atom is 0.216 e. The largest absolute Gasteiger partial charge is 0.481 e. The summed E-state index contributed by atoms with van der Waals surface area (Å²) >= 11 is 0. The van der Waals surface area contributed by atoms with E-state index in [2.05, 4.69) is 4.98 Å². The van der Waals surface area contributed by atoms with Gasteiger partial charge in [0, 0.05) is 11.3 Å². The van der Waals surface area contributed by atoms with Crippen molar-refractivity contribution in [3.8, 4) is 5.88 Å². The van der Waals surface area contributed by atoms with Gasteiger partial charge in [0.2, 0.25) is 5.88 Å². The van der Waals surface area contributed by atoms with Crippen molar-refractivity contribution in [1.82, 2.24) is 4.98 Å². The van der Waals surface area contributed by atoms with Gasteiger partial charge in [-0.1, -0.05) is 19.9 Å². The van der Waals surface area contributed by atoms with Crippen LogP contribution in [0.5, 0.6) is 5.88 Å². The number of aryl methyl sites for hydroxylation is 2. The van der Waals surface area contributed by atoms with E-state index in [1.165, 1.54) is 0 Å². The molecule has 2 heteroatoms. The molecule has 0 amide bonds. The highest BCUT2D eigenvalue weighted by molar-refractivity contribution is 5.25. The summed E-state index contributed by atoms with van der Waals surface area (Å²) in [7, 11) is 1.63. The molecule has 0 aliphatic heterocycles. The number of ether oxygens (including phenoxy) is 1. The summed E-state index contributed by atoms with van der Waals surface area (Å²) in [5.74, 6) is 0.722. The van der Waals surface area contributed by atoms with Crippen LogP contribution in [0, 0.1) is 13.8 Å². The van der Waals surface area contributed by atoms with Crippen LogP contribution >= 0.6 is 0 Å². The number of pyridine rings is 1. The predicted molar refractivity (Wildman–Crippen MR) is 51.6 cm³/mol. The first kappa shape index (κ1) is 11.0. The number of aromatic nitrogens is 1. The molecule has 0 radical (unpaired) electrons. The minimum absolute atomic E-state index is 0.722. The minimum atomic E-state index is 0.722. The molecule has 1 rings (SSSR count). The zero-order valence-electron chi connectivity index (χ0n) is 8.51. The van der Waals surface area contributed by atoms with E-state index in [0.29, 0.717) is 0 Å². The molecule has 2 nitrogen and oxygen atoms in total. The zero-order chi connectivity index (χ0) is 9.56. The Hall–Kier alpha value is -1.05. The van der Waals surface area contributed by atoms with Crippen LogP contribution < -0.4 is 4.74 Å². The van der Waals surface area contributed by atoms with Crippen molar-refractivity contribution in [3.63, 3.8) is 0 Å². The minimum Gasteiger partial charge on any atom is -0.481 e. The maximum atomic E-state index is 5.01. The Balaban J connectivity index is 0.000000561. The Bertz CT molecular complexity index is 233. The molecule has 12 heavy (non-hydrogen) atoms. The topological polar surface area (TPSA) is 22.1 Å². The number of methoxy groups -OCH3 is 1. The van der Waals surface area contributed by atoms with Gasteiger partial charge in [0.05, 0.1) is 7.11 Å². The van der Waals surface area contributed by atoms with Gasteiger partial charge in [-0.2, -0.15) is 0 Å². The van der Waals surface area contributed by atoms with E-state index in [1.807, 2.05) is 39.8 Å². The Morgan fingerprint density at radius 3 is 2.17 bits per heavy atom. The SMILES string of the molecule is CC.COc1nc(C)ccc1C. The van der Waals surface area contributed by atoms with Crippen molar-refractivity contribution in [2.24, 2.45) is 0 Å². The molecule has 0 atom stereocenters. The van der Waals surface area contributed by atoms with Gasteiger partial charge >= 0.3 is 0 Å². The first-order valence-corrected chi connectivity index (χ1v) is 4.22. The number of nitrogens with zero attached hydrogens (tertiary/aromatic N) is 1. The predicted octanol–water partition coefficient (Wildman–Crippen LogP) is 2.73. The first-order chi connectivity index (χ1) is 5.74. The monoisotopic (exact) mass is 167 g/mol. The van der Waals surface area contributed by atoms with Crippen LogP contribution in [0.3, 0.4) is 0 Å². The zero-order valence-corrected chi connectivity index (χ0v) is 8.51. The fourth-order valence-corrected chi connectivity index (χ4v) is 0.809. The fourth-order valence-electron chi connectivity index (χ4n) is 0.809. The highest BCUT2D eigenvalue weighted by atomic mass is 16.5. The van der Waals surface area contributed by atoms with E-state index in [0.717, 1.165) is 17.1 Å². The lowest BCUT2D eigenvalue weighted by Gasteiger charge is -2.02. The van der Waals surface area contributed by atoms with Gasteiger partial charge in [-0.25, -0.2) is 4.98 Å². The Morgan fingerprint density at radius 1 is 1.17 bits per heavy atom. The molecule has 0 fully saturated rings. The Labute approximate surface area is 74.6 Å². The number of hydrogen-bond donors (Lipinski definition) is 0. The molecule has 1 aromatic rings. The van der Waals surface area contributed by atoms with E-state index in [9.17, 15) is 0 Å². The molecule has 68 valence electrons. The van der Waals surface area contributed by atoms with E-state index in [-0.39, 0.29) is 0 Å². The summed E-state index contributed by atoms with van der Waals surface area (Å²) in [5, 5.41) is 0. The molecule has 0 spiro atoms. The van der Waals surface area contributed by atoms with Gasteiger partial charge in [-0.3, -0.25) is 0 Å². The fraction of sp³-hybridized carbons (Fsp3) is 0.500. The molecular weight excluding hydrogens is 150 g/mol. The Kier molecular flexibility index (Phi) is 5.09. The summed E-state index contributed by atoms with van der Waals surface area (Å²) in [5.41, 5.74) is 2.07. The van der Waals surface area contributed by atoms with Crippen LogP contribution in [-0.4, -0.2) is 12.1 Å². The van der Waals surface area contributed by atoms with Crippen molar-refractivity contribution < 1.29 is 4.74 Å². The maximum absolute atomic E-state index is 5.01. The lowest BCUT2D eigenvalue weighted by molar-refractivity contribution is 0.393. The number of rotatable bonds is 1. The third kappa shape index (κ3) is 2.91. The van der Waals surface area contributed by atoms with Crippen molar-refractivity contribution in [2.75, 3.05) is 7.11 Å². The summed E-state index contributed by atoms with van der Waals surface area (Å²) < 4.78 is 5.01. The second-order valence-corrected chi connectivity index (χ2v) is 2.28. The molecule has 1 heterocycles. The van der Waals surface area contributed by atoms with E-state index < -0.39 is 0 Å². The van der Waals surface area contributed by atoms with Crippen LogP contribution in [0.1, 0.15) is 25.1 Å². The summed E-state index contributed by atoms with van der Waals surface area (Å²) in [4.78, 5) is 4.17. The normalized spacial score (nSPS) is 8.42. The summed E-state index contributed by atoms with van der Waals surface area (Å²) in [6.45, 7) is 7.92. The molecule has 0 saturated carbocycles. The second kappa shape index (κ2) is 5.58. The van der Waals surface area contributed by atoms with Gasteiger partial charge in [0.15, 0.2) is 0 Å². The quantitative estimate of drug-likeness (QED) is 0.641. The molecule has 0 unspecified atom stereocenters. The smallest absolute Gasteiger partial charge is 0.216 e. The molecule has 1 aromatic heterocycles. The lowest BCUT2D eigenvalue weighted by atomic mass is 10.3. The standard InChI is InChI=1S/C8H11NO.C2H6/c1-6-4-5-7(2)9-8(6)10-3;1-2/h4-5H,1-3H3;1-2H3. The van der Waals surface area contributed by atoms with Gasteiger partial charge in [-0.05, 0) is 19.9 Å². The third-order valence-corrected chi connectivity index (χ3v) is 1.38. The Morgan fingerprint density at radius 2 is 1.75 bits per heavy atom. The van der Waals surface area contributed by atoms with Gasteiger partial charge < -0.3 is 4.74 Å².